The first-order valence-corrected chi connectivity index (χ1v) is 7.43. The molecule has 1 unspecified atom stereocenters. The summed E-state index contributed by atoms with van der Waals surface area (Å²) in [6.45, 7) is 3.89. The molecule has 7 heteroatoms. The number of sulfonamides is 1. The summed E-state index contributed by atoms with van der Waals surface area (Å²) in [5.41, 5.74) is 0.450. The third-order valence-corrected chi connectivity index (χ3v) is 4.58. The molecule has 0 saturated heterocycles. The molecule has 0 radical (unpaired) electrons. The predicted molar refractivity (Wildman–Crippen MR) is 73.0 cm³/mol. The summed E-state index contributed by atoms with van der Waals surface area (Å²) >= 11 is 0. The van der Waals surface area contributed by atoms with Gasteiger partial charge in [0, 0.05) is 26.3 Å². The topological polar surface area (TPSA) is 86.1 Å². The highest BCUT2D eigenvalue weighted by Crippen LogP contribution is 2.22. The number of rotatable bonds is 6. The van der Waals surface area contributed by atoms with E-state index in [0.717, 1.165) is 0 Å². The van der Waals surface area contributed by atoms with Gasteiger partial charge in [0.05, 0.1) is 17.7 Å². The second-order valence-corrected chi connectivity index (χ2v) is 5.95. The van der Waals surface area contributed by atoms with Crippen molar-refractivity contribution in [1.82, 2.24) is 9.29 Å². The standard InChI is InChI=1S/C12H18N4O2S/c1-4-16(9-10(2)8-13)19(17,18)12-11(14-3)6-5-7-15-12/h5-7,10,14H,4,9H2,1-3H3. The van der Waals surface area contributed by atoms with E-state index in [0.29, 0.717) is 12.2 Å². The van der Waals surface area contributed by atoms with Crippen molar-refractivity contribution < 1.29 is 8.42 Å². The molecule has 19 heavy (non-hydrogen) atoms. The van der Waals surface area contributed by atoms with Crippen LogP contribution in [0.25, 0.3) is 0 Å². The normalized spacial score (nSPS) is 13.0. The maximum absolute atomic E-state index is 12.5. The Balaban J connectivity index is 3.18. The van der Waals surface area contributed by atoms with E-state index in [9.17, 15) is 8.42 Å². The molecular weight excluding hydrogens is 264 g/mol. The van der Waals surface area contributed by atoms with Crippen LogP contribution in [0.3, 0.4) is 0 Å². The van der Waals surface area contributed by atoms with Gasteiger partial charge in [0.15, 0.2) is 5.03 Å². The number of nitrogens with one attached hydrogen (secondary N) is 1. The smallest absolute Gasteiger partial charge is 0.262 e. The molecule has 0 aliphatic heterocycles. The van der Waals surface area contributed by atoms with Crippen molar-refractivity contribution >= 4 is 15.7 Å². The fourth-order valence-electron chi connectivity index (χ4n) is 1.65. The minimum Gasteiger partial charge on any atom is -0.386 e. The van der Waals surface area contributed by atoms with E-state index in [4.69, 9.17) is 5.26 Å². The fraction of sp³-hybridized carbons (Fsp3) is 0.500. The monoisotopic (exact) mass is 282 g/mol. The number of nitrogens with zero attached hydrogens (tertiary/aromatic N) is 3. The van der Waals surface area contributed by atoms with Gasteiger partial charge in [-0.05, 0) is 19.1 Å². The quantitative estimate of drug-likeness (QED) is 0.849. The fourth-order valence-corrected chi connectivity index (χ4v) is 3.30. The third kappa shape index (κ3) is 3.43. The van der Waals surface area contributed by atoms with Gasteiger partial charge in [0.25, 0.3) is 10.0 Å². The van der Waals surface area contributed by atoms with E-state index >= 15 is 0 Å². The van der Waals surface area contributed by atoms with Gasteiger partial charge in [-0.25, -0.2) is 13.4 Å². The highest BCUT2D eigenvalue weighted by atomic mass is 32.2. The summed E-state index contributed by atoms with van der Waals surface area (Å²) in [4.78, 5) is 3.95. The molecule has 1 atom stereocenters. The Labute approximate surface area is 114 Å². The minimum atomic E-state index is -3.69. The Hall–Kier alpha value is -1.65. The van der Waals surface area contributed by atoms with E-state index in [1.807, 2.05) is 6.07 Å². The zero-order valence-electron chi connectivity index (χ0n) is 11.3. The molecule has 0 saturated carbocycles. The molecule has 1 aromatic rings. The lowest BCUT2D eigenvalue weighted by Crippen LogP contribution is -2.35. The highest BCUT2D eigenvalue weighted by molar-refractivity contribution is 7.89. The van der Waals surface area contributed by atoms with Crippen LogP contribution in [0, 0.1) is 17.2 Å². The molecule has 0 aliphatic rings. The number of anilines is 1. The number of aromatic nitrogens is 1. The first-order valence-electron chi connectivity index (χ1n) is 5.99. The van der Waals surface area contributed by atoms with Crippen LogP contribution in [0.15, 0.2) is 23.4 Å². The lowest BCUT2D eigenvalue weighted by atomic mass is 10.2. The molecule has 0 fully saturated rings. The second kappa shape index (κ2) is 6.50. The van der Waals surface area contributed by atoms with Crippen molar-refractivity contribution in [2.75, 3.05) is 25.5 Å². The van der Waals surface area contributed by atoms with Crippen molar-refractivity contribution in [2.24, 2.45) is 5.92 Å². The Morgan fingerprint density at radius 1 is 1.58 bits per heavy atom. The van der Waals surface area contributed by atoms with Crippen LogP contribution in [0.2, 0.25) is 0 Å². The van der Waals surface area contributed by atoms with Crippen LogP contribution in [-0.2, 0) is 10.0 Å². The van der Waals surface area contributed by atoms with Gasteiger partial charge in [-0.1, -0.05) is 6.92 Å². The van der Waals surface area contributed by atoms with Crippen LogP contribution < -0.4 is 5.32 Å². The summed E-state index contributed by atoms with van der Waals surface area (Å²) in [5.74, 6) is -0.364. The van der Waals surface area contributed by atoms with E-state index in [1.54, 1.807) is 33.0 Å². The SMILES string of the molecule is CCN(CC(C)C#N)S(=O)(=O)c1ncccc1NC. The Morgan fingerprint density at radius 2 is 2.26 bits per heavy atom. The summed E-state index contributed by atoms with van der Waals surface area (Å²) in [7, 11) is -2.05. The zero-order valence-corrected chi connectivity index (χ0v) is 12.1. The molecule has 1 N–H and O–H groups in total. The summed E-state index contributed by atoms with van der Waals surface area (Å²) in [6, 6.07) is 5.36. The average molecular weight is 282 g/mol. The van der Waals surface area contributed by atoms with Gasteiger partial charge in [0.1, 0.15) is 0 Å². The summed E-state index contributed by atoms with van der Waals surface area (Å²) in [6.07, 6.45) is 1.44. The molecule has 1 heterocycles. The van der Waals surface area contributed by atoms with Crippen molar-refractivity contribution in [3.05, 3.63) is 18.3 Å². The molecule has 1 rings (SSSR count). The number of pyridine rings is 1. The van der Waals surface area contributed by atoms with E-state index in [2.05, 4.69) is 10.3 Å². The van der Waals surface area contributed by atoms with Crippen molar-refractivity contribution in [3.63, 3.8) is 0 Å². The highest BCUT2D eigenvalue weighted by Gasteiger charge is 2.28. The maximum atomic E-state index is 12.5. The van der Waals surface area contributed by atoms with Gasteiger partial charge in [0.2, 0.25) is 0 Å². The van der Waals surface area contributed by atoms with Crippen molar-refractivity contribution in [3.8, 4) is 6.07 Å². The first-order chi connectivity index (χ1) is 8.97. The lowest BCUT2D eigenvalue weighted by molar-refractivity contribution is 0.398. The van der Waals surface area contributed by atoms with Gasteiger partial charge < -0.3 is 5.32 Å². The van der Waals surface area contributed by atoms with Crippen LogP contribution in [0.1, 0.15) is 13.8 Å². The van der Waals surface area contributed by atoms with Gasteiger partial charge in [-0.2, -0.15) is 9.57 Å². The number of nitriles is 1. The van der Waals surface area contributed by atoms with Gasteiger partial charge >= 0.3 is 0 Å². The Bertz CT molecular complexity index is 565. The molecule has 104 valence electrons. The number of hydrogen-bond acceptors (Lipinski definition) is 5. The molecule has 0 spiro atoms. The van der Waals surface area contributed by atoms with Crippen LogP contribution >= 0.6 is 0 Å². The second-order valence-electron chi connectivity index (χ2n) is 4.09. The van der Waals surface area contributed by atoms with Crippen LogP contribution in [0.5, 0.6) is 0 Å². The van der Waals surface area contributed by atoms with E-state index in [1.165, 1.54) is 10.5 Å². The Morgan fingerprint density at radius 3 is 2.79 bits per heavy atom. The third-order valence-electron chi connectivity index (χ3n) is 2.68. The molecule has 0 aliphatic carbocycles. The lowest BCUT2D eigenvalue weighted by Gasteiger charge is -2.22. The van der Waals surface area contributed by atoms with Crippen molar-refractivity contribution in [2.45, 2.75) is 18.9 Å². The van der Waals surface area contributed by atoms with Gasteiger partial charge in [-0.15, -0.1) is 0 Å². The average Bonchev–Trinajstić information content (AvgIpc) is 2.43. The van der Waals surface area contributed by atoms with Crippen molar-refractivity contribution in [1.29, 1.82) is 5.26 Å². The summed E-state index contributed by atoms with van der Waals surface area (Å²) in [5, 5.41) is 11.6. The Kier molecular flexibility index (Phi) is 5.27. The molecule has 0 aromatic carbocycles. The minimum absolute atomic E-state index is 0.00973. The zero-order chi connectivity index (χ0) is 14.5. The van der Waals surface area contributed by atoms with E-state index < -0.39 is 10.0 Å². The number of hydrogen-bond donors (Lipinski definition) is 1. The van der Waals surface area contributed by atoms with Crippen LogP contribution in [0.4, 0.5) is 5.69 Å². The molecule has 0 bridgehead atoms. The van der Waals surface area contributed by atoms with Gasteiger partial charge in [-0.3, -0.25) is 0 Å². The van der Waals surface area contributed by atoms with E-state index in [-0.39, 0.29) is 17.5 Å². The maximum Gasteiger partial charge on any atom is 0.262 e. The molecular formula is C12H18N4O2S. The molecule has 0 amide bonds. The molecule has 1 aromatic heterocycles. The largest absolute Gasteiger partial charge is 0.386 e. The van der Waals surface area contributed by atoms with Crippen LogP contribution in [-0.4, -0.2) is 37.8 Å². The summed E-state index contributed by atoms with van der Waals surface area (Å²) < 4.78 is 26.3. The molecule has 6 nitrogen and oxygen atoms in total. The first kappa shape index (κ1) is 15.4. The predicted octanol–water partition coefficient (Wildman–Crippen LogP) is 1.29.